The van der Waals surface area contributed by atoms with Gasteiger partial charge in [-0.15, -0.1) is 0 Å². The summed E-state index contributed by atoms with van der Waals surface area (Å²) in [5, 5.41) is 45.9. The zero-order valence-electron chi connectivity index (χ0n) is 70.0. The third-order valence-corrected chi connectivity index (χ3v) is 19.1. The van der Waals surface area contributed by atoms with Gasteiger partial charge in [-0.05, 0) is 219 Å². The van der Waals surface area contributed by atoms with Crippen molar-refractivity contribution in [3.05, 3.63) is 146 Å². The van der Waals surface area contributed by atoms with Gasteiger partial charge in [-0.3, -0.25) is 38.8 Å². The Morgan fingerprint density at radius 3 is 0.582 bits per heavy atom. The summed E-state index contributed by atoms with van der Waals surface area (Å²) in [5.74, 6) is -1.37. The van der Waals surface area contributed by atoms with E-state index in [1.165, 1.54) is 77.0 Å². The second kappa shape index (κ2) is 80.1. The first-order chi connectivity index (χ1) is 53.9. The number of carbonyl (C=O) groups excluding carboxylic acids is 4. The minimum Gasteiger partial charge on any atom is -0.463 e. The predicted octanol–water partition coefficient (Wildman–Crippen LogP) is 20.0. The van der Waals surface area contributed by atoms with Crippen LogP contribution >= 0.6 is 0 Å². The Morgan fingerprint density at radius 2 is 0.409 bits per heavy atom. The normalized spacial score (nSPS) is 16.1. The number of rotatable bonds is 68. The fourth-order valence-corrected chi connectivity index (χ4v) is 12.5. The largest absolute Gasteiger partial charge is 0.463 e. The lowest BCUT2D eigenvalue weighted by atomic mass is 10.1. The highest BCUT2D eigenvalue weighted by atomic mass is 16.6. The van der Waals surface area contributed by atoms with Crippen LogP contribution in [-0.4, -0.2) is 193 Å². The van der Waals surface area contributed by atoms with Crippen LogP contribution in [0.25, 0.3) is 0 Å². The van der Waals surface area contributed by atoms with Gasteiger partial charge in [-0.2, -0.15) is 0 Å². The van der Waals surface area contributed by atoms with Gasteiger partial charge in [0.2, 0.25) is 0 Å². The van der Waals surface area contributed by atoms with Gasteiger partial charge in [0.15, 0.2) is 0 Å². The second-order valence-corrected chi connectivity index (χ2v) is 29.8. The van der Waals surface area contributed by atoms with Crippen LogP contribution in [0.4, 0.5) is 0 Å². The van der Waals surface area contributed by atoms with Gasteiger partial charge in [-0.25, -0.2) is 0 Å². The van der Waals surface area contributed by atoms with Gasteiger partial charge in [0.25, 0.3) is 0 Å². The van der Waals surface area contributed by atoms with Crippen LogP contribution in [0.3, 0.4) is 0 Å². The second-order valence-electron chi connectivity index (χ2n) is 29.8. The molecule has 1 fully saturated rings. The Labute approximate surface area is 671 Å². The van der Waals surface area contributed by atoms with Gasteiger partial charge in [0.05, 0.1) is 0 Å². The first-order valence-corrected chi connectivity index (χ1v) is 43.9. The maximum absolute atomic E-state index is 13.0. The molecule has 16 nitrogen and oxygen atoms in total. The molecule has 0 bridgehead atoms. The van der Waals surface area contributed by atoms with E-state index in [0.29, 0.717) is 90.9 Å². The molecule has 628 valence electrons. The summed E-state index contributed by atoms with van der Waals surface area (Å²) in [5.41, 5.74) is 0. The molecule has 0 amide bonds. The molecule has 1 aliphatic heterocycles. The van der Waals surface area contributed by atoms with Crippen molar-refractivity contribution in [1.29, 1.82) is 0 Å². The predicted molar refractivity (Wildman–Crippen MR) is 460 cm³/mol. The van der Waals surface area contributed by atoms with E-state index >= 15 is 0 Å². The van der Waals surface area contributed by atoms with Crippen LogP contribution in [0.15, 0.2) is 146 Å². The van der Waals surface area contributed by atoms with Crippen molar-refractivity contribution in [2.75, 3.05) is 105 Å². The summed E-state index contributed by atoms with van der Waals surface area (Å²) in [4.78, 5) is 60.5. The monoisotopic (exact) mass is 1540 g/mol. The van der Waals surface area contributed by atoms with Crippen molar-refractivity contribution >= 4 is 23.9 Å². The number of esters is 4. The maximum Gasteiger partial charge on any atom is 0.305 e. The van der Waals surface area contributed by atoms with E-state index in [-0.39, 0.29) is 102 Å². The van der Waals surface area contributed by atoms with E-state index in [0.717, 1.165) is 128 Å². The summed E-state index contributed by atoms with van der Waals surface area (Å²) in [6, 6.07) is 0. The third-order valence-electron chi connectivity index (χ3n) is 19.1. The molecule has 0 aliphatic carbocycles. The molecule has 0 radical (unpaired) electrons. The van der Waals surface area contributed by atoms with Crippen molar-refractivity contribution < 1.29 is 58.6 Å². The molecule has 0 aromatic carbocycles. The van der Waals surface area contributed by atoms with Crippen LogP contribution in [-0.2, 0) is 38.1 Å². The Kier molecular flexibility index (Phi) is 74.6. The molecule has 110 heavy (non-hydrogen) atoms. The Morgan fingerprint density at radius 1 is 0.245 bits per heavy atom. The van der Waals surface area contributed by atoms with E-state index < -0.39 is 24.4 Å². The molecular formula is C94H160N4O12. The average molecular weight is 1540 g/mol. The lowest BCUT2D eigenvalue weighted by molar-refractivity contribution is -0.148. The molecule has 4 N–H and O–H groups in total. The molecular weight excluding hydrogens is 1380 g/mol. The van der Waals surface area contributed by atoms with Crippen LogP contribution in [0, 0.1) is 0 Å². The minimum absolute atomic E-state index is 0.145. The van der Waals surface area contributed by atoms with E-state index in [1.54, 1.807) is 0 Å². The first kappa shape index (κ1) is 102. The molecule has 4 unspecified atom stereocenters. The van der Waals surface area contributed by atoms with Crippen molar-refractivity contribution in [3.63, 3.8) is 0 Å². The van der Waals surface area contributed by atoms with Crippen molar-refractivity contribution in [3.8, 4) is 0 Å². The van der Waals surface area contributed by atoms with E-state index in [1.807, 2.05) is 0 Å². The number of ether oxygens (including phenoxy) is 4. The number of unbranched alkanes of at least 4 members (excludes halogenated alkanes) is 20. The molecule has 0 aromatic heterocycles. The van der Waals surface area contributed by atoms with Gasteiger partial charge in [-0.1, -0.05) is 225 Å². The number of hydrogen-bond donors (Lipinski definition) is 4. The molecule has 0 aromatic rings. The summed E-state index contributed by atoms with van der Waals surface area (Å²) >= 11 is 0. The van der Waals surface area contributed by atoms with Crippen LogP contribution in [0.2, 0.25) is 0 Å². The molecule has 1 rings (SSSR count). The van der Waals surface area contributed by atoms with Crippen molar-refractivity contribution in [1.82, 2.24) is 19.6 Å². The highest BCUT2D eigenvalue weighted by Gasteiger charge is 2.23. The molecule has 0 saturated carbocycles. The number of β-amino-alcohol motifs (C(OH)–C–C–N with tert-alkyl or cyclic N) is 4. The number of hydrogen-bond acceptors (Lipinski definition) is 16. The van der Waals surface area contributed by atoms with E-state index in [2.05, 4.69) is 193 Å². The minimum atomic E-state index is -0.963. The van der Waals surface area contributed by atoms with Crippen molar-refractivity contribution in [2.45, 2.75) is 322 Å². The van der Waals surface area contributed by atoms with Crippen LogP contribution < -0.4 is 0 Å². The Hall–Kier alpha value is -5.56. The summed E-state index contributed by atoms with van der Waals surface area (Å²) < 4.78 is 22.6. The number of aliphatic hydroxyl groups excluding tert-OH is 4. The van der Waals surface area contributed by atoms with Gasteiger partial charge >= 0.3 is 23.9 Å². The highest BCUT2D eigenvalue weighted by Crippen LogP contribution is 2.14. The fourth-order valence-electron chi connectivity index (χ4n) is 12.5. The molecule has 0 spiro atoms. The molecule has 16 heteroatoms. The number of aliphatic hydroxyl groups is 4. The Bertz CT molecular complexity index is 2200. The SMILES string of the molecule is CCCCC/C=C\C/C=C\C/C=C\CCCCC(=O)OCC(O)CN1CCCN(CC(O)COC(=O)CCCC/C=C\C/C=C\C/C=C\CCCCC)CCN(CC(O)COC(=O)CCCC/C=C\C/C=C\C/C=C\CCCCC)CCCN(CC(O)COC(=O)CCCC/C=C\C/C=C\C/C=C\CCCCC)CC1. The highest BCUT2D eigenvalue weighted by molar-refractivity contribution is 5.70. The summed E-state index contributed by atoms with van der Waals surface area (Å²) in [7, 11) is 0. The van der Waals surface area contributed by atoms with Crippen LogP contribution in [0.1, 0.15) is 297 Å². The molecule has 4 atom stereocenters. The van der Waals surface area contributed by atoms with E-state index in [4.69, 9.17) is 18.9 Å². The maximum atomic E-state index is 13.0. The zero-order chi connectivity index (χ0) is 79.7. The van der Waals surface area contributed by atoms with Gasteiger partial charge < -0.3 is 39.4 Å². The van der Waals surface area contributed by atoms with Crippen molar-refractivity contribution in [2.24, 2.45) is 0 Å². The molecule has 1 aliphatic rings. The van der Waals surface area contributed by atoms with E-state index in [9.17, 15) is 39.6 Å². The molecule has 1 saturated heterocycles. The zero-order valence-corrected chi connectivity index (χ0v) is 70.0. The van der Waals surface area contributed by atoms with Gasteiger partial charge in [0, 0.05) is 78.0 Å². The smallest absolute Gasteiger partial charge is 0.305 e. The summed E-state index contributed by atoms with van der Waals surface area (Å²) in [6.07, 6.45) is 88.0. The first-order valence-electron chi connectivity index (χ1n) is 43.9. The lowest BCUT2D eigenvalue weighted by Crippen LogP contribution is -2.47. The Balaban J connectivity index is 3.16. The van der Waals surface area contributed by atoms with Gasteiger partial charge in [0.1, 0.15) is 50.8 Å². The standard InChI is InChI=1S/C94H160N4O12/c1-5-9-13-17-21-25-29-33-37-41-45-49-53-57-61-67-91(103)107-83-87(99)79-95-71-65-72-97(81-89(101)85-109-93(105)69-63-59-55-51-47-43-39-35-31-27-23-19-15-11-7-3)77-78-98(82-90(102)86-110-94(106)70-64-60-56-52-48-44-40-36-32-28-24-20-16-12-8-4)74-66-73-96(76-75-95)80-88(100)84-108-92(104)68-62-58-54-50-46-42-38-34-30-26-22-18-14-10-6-2/h21-28,33-40,45-52,87-90,99-102H,5-20,29-32,41-44,53-86H2,1-4H3/b25-21-,26-22-,27-23-,28-24-,37-33-,38-34-,39-35-,40-36-,49-45-,50-46-,51-47-,52-48-. The topological polar surface area (TPSA) is 199 Å². The summed E-state index contributed by atoms with van der Waals surface area (Å²) in [6.45, 7) is 13.4. The third kappa shape index (κ3) is 72.7. The fraction of sp³-hybridized carbons (Fsp3) is 0.702. The number of nitrogens with zero attached hydrogens (tertiary/aromatic N) is 4. The lowest BCUT2D eigenvalue weighted by Gasteiger charge is -2.34. The van der Waals surface area contributed by atoms with Crippen LogP contribution in [0.5, 0.6) is 0 Å². The average Bonchev–Trinajstić information content (AvgIpc) is 0.908. The molecule has 1 heterocycles. The number of allylic oxidation sites excluding steroid dienone is 24. The number of carbonyl (C=O) groups is 4. The quantitative estimate of drug-likeness (QED) is 0.0194.